The topological polar surface area (TPSA) is 105 Å². The van der Waals surface area contributed by atoms with Crippen molar-refractivity contribution in [3.63, 3.8) is 0 Å². The Morgan fingerprint density at radius 2 is 2.10 bits per heavy atom. The minimum absolute atomic E-state index is 0.100. The van der Waals surface area contributed by atoms with Crippen LogP contribution in [0.5, 0.6) is 0 Å². The minimum atomic E-state index is -1.07. The van der Waals surface area contributed by atoms with E-state index in [1.54, 1.807) is 13.8 Å². The number of nitrogens with one attached hydrogen (secondary N) is 1. The predicted molar refractivity (Wildman–Crippen MR) is 74.3 cm³/mol. The number of rotatable bonds is 6. The van der Waals surface area contributed by atoms with Gasteiger partial charge in [0.05, 0.1) is 4.92 Å². The molecule has 110 valence electrons. The van der Waals surface area contributed by atoms with E-state index in [1.807, 2.05) is 0 Å². The number of hydrogen-bond acceptors (Lipinski definition) is 4. The highest BCUT2D eigenvalue weighted by Crippen LogP contribution is 2.31. The van der Waals surface area contributed by atoms with Crippen molar-refractivity contribution >= 4 is 23.4 Å². The average molecular weight is 302 g/mol. The van der Waals surface area contributed by atoms with Crippen LogP contribution in [0.2, 0.25) is 5.15 Å². The largest absolute Gasteiger partial charge is 0.465 e. The van der Waals surface area contributed by atoms with Crippen molar-refractivity contribution in [1.29, 1.82) is 0 Å². The summed E-state index contributed by atoms with van der Waals surface area (Å²) in [4.78, 5) is 24.8. The summed E-state index contributed by atoms with van der Waals surface area (Å²) in [5.74, 6) is 0. The first-order valence-electron chi connectivity index (χ1n) is 6.11. The van der Waals surface area contributed by atoms with Crippen LogP contribution in [0.25, 0.3) is 0 Å². The Kier molecular flexibility index (Phi) is 5.69. The fourth-order valence-corrected chi connectivity index (χ4v) is 2.23. The molecule has 0 unspecified atom stereocenters. The van der Waals surface area contributed by atoms with Gasteiger partial charge < -0.3 is 10.4 Å². The summed E-state index contributed by atoms with van der Waals surface area (Å²) in [6.07, 6.45) is 0.617. The fraction of sp³-hybridized carbons (Fsp3) is 0.500. The van der Waals surface area contributed by atoms with Crippen molar-refractivity contribution < 1.29 is 14.8 Å². The highest BCUT2D eigenvalue weighted by Gasteiger charge is 2.23. The standard InChI is InChI=1S/C12H16ClN3O4/c1-7-8(2)15-11(13)10(16(19)20)9(7)5-3-4-6-14-12(17)18/h14H,3-6H2,1-2H3,(H,17,18). The molecule has 8 heteroatoms. The Hall–Kier alpha value is -1.89. The third-order valence-electron chi connectivity index (χ3n) is 3.05. The van der Waals surface area contributed by atoms with E-state index in [-0.39, 0.29) is 10.8 Å². The lowest BCUT2D eigenvalue weighted by Crippen LogP contribution is -2.21. The highest BCUT2D eigenvalue weighted by atomic mass is 35.5. The molecule has 20 heavy (non-hydrogen) atoms. The lowest BCUT2D eigenvalue weighted by atomic mass is 10.0. The first-order chi connectivity index (χ1) is 9.34. The average Bonchev–Trinajstić information content (AvgIpc) is 2.33. The summed E-state index contributed by atoms with van der Waals surface area (Å²) in [5, 5.41) is 21.7. The molecule has 1 aromatic heterocycles. The summed E-state index contributed by atoms with van der Waals surface area (Å²) in [5.41, 5.74) is 1.84. The zero-order chi connectivity index (χ0) is 15.3. The molecule has 0 aliphatic heterocycles. The zero-order valence-electron chi connectivity index (χ0n) is 11.3. The second kappa shape index (κ2) is 7.04. The predicted octanol–water partition coefficient (Wildman–Crippen LogP) is 2.85. The molecule has 1 amide bonds. The van der Waals surface area contributed by atoms with Gasteiger partial charge in [0, 0.05) is 17.8 Å². The minimum Gasteiger partial charge on any atom is -0.465 e. The van der Waals surface area contributed by atoms with Gasteiger partial charge in [-0.1, -0.05) is 11.6 Å². The van der Waals surface area contributed by atoms with Gasteiger partial charge in [0.2, 0.25) is 5.15 Å². The number of aromatic nitrogens is 1. The van der Waals surface area contributed by atoms with Crippen molar-refractivity contribution in [2.75, 3.05) is 6.54 Å². The SMILES string of the molecule is Cc1nc(Cl)c([N+](=O)[O-])c(CCCCNC(=O)O)c1C. The molecule has 0 aromatic carbocycles. The second-order valence-electron chi connectivity index (χ2n) is 4.39. The summed E-state index contributed by atoms with van der Waals surface area (Å²) in [6.45, 7) is 3.84. The van der Waals surface area contributed by atoms with Crippen LogP contribution in [0.15, 0.2) is 0 Å². The maximum atomic E-state index is 11.1. The molecule has 0 atom stereocenters. The molecule has 0 aliphatic carbocycles. The maximum absolute atomic E-state index is 11.1. The summed E-state index contributed by atoms with van der Waals surface area (Å²) in [7, 11) is 0. The number of halogens is 1. The number of pyridine rings is 1. The second-order valence-corrected chi connectivity index (χ2v) is 4.74. The molecule has 2 N–H and O–H groups in total. The quantitative estimate of drug-likeness (QED) is 0.364. The molecule has 0 saturated heterocycles. The van der Waals surface area contributed by atoms with Gasteiger partial charge in [-0.15, -0.1) is 0 Å². The monoisotopic (exact) mass is 301 g/mol. The van der Waals surface area contributed by atoms with Crippen LogP contribution in [0.3, 0.4) is 0 Å². The van der Waals surface area contributed by atoms with Crippen molar-refractivity contribution in [1.82, 2.24) is 10.3 Å². The third kappa shape index (κ3) is 4.06. The van der Waals surface area contributed by atoms with Gasteiger partial charge in [0.15, 0.2) is 0 Å². The van der Waals surface area contributed by atoms with Gasteiger partial charge in [-0.2, -0.15) is 0 Å². The van der Waals surface area contributed by atoms with Crippen LogP contribution < -0.4 is 5.32 Å². The van der Waals surface area contributed by atoms with E-state index in [2.05, 4.69) is 10.3 Å². The smallest absolute Gasteiger partial charge is 0.404 e. The van der Waals surface area contributed by atoms with E-state index in [4.69, 9.17) is 16.7 Å². The molecule has 0 saturated carbocycles. The summed E-state index contributed by atoms with van der Waals surface area (Å²) < 4.78 is 0. The number of nitro groups is 1. The van der Waals surface area contributed by atoms with E-state index < -0.39 is 11.0 Å². The number of nitrogens with zero attached hydrogens (tertiary/aromatic N) is 2. The first kappa shape index (κ1) is 16.2. The van der Waals surface area contributed by atoms with Gasteiger partial charge >= 0.3 is 11.8 Å². The van der Waals surface area contributed by atoms with Crippen molar-refractivity contribution in [3.05, 3.63) is 32.1 Å². The zero-order valence-corrected chi connectivity index (χ0v) is 12.0. The third-order valence-corrected chi connectivity index (χ3v) is 3.32. The first-order valence-corrected chi connectivity index (χ1v) is 6.49. The van der Waals surface area contributed by atoms with Crippen molar-refractivity contribution in [2.24, 2.45) is 0 Å². The van der Waals surface area contributed by atoms with E-state index >= 15 is 0 Å². The van der Waals surface area contributed by atoms with Gasteiger partial charge in [-0.25, -0.2) is 9.78 Å². The van der Waals surface area contributed by atoms with Crippen molar-refractivity contribution in [2.45, 2.75) is 33.1 Å². The van der Waals surface area contributed by atoms with Gasteiger partial charge in [-0.3, -0.25) is 10.1 Å². The Balaban J connectivity index is 2.82. The molecular weight excluding hydrogens is 286 g/mol. The fourth-order valence-electron chi connectivity index (χ4n) is 1.92. The molecule has 7 nitrogen and oxygen atoms in total. The van der Waals surface area contributed by atoms with Crippen LogP contribution in [-0.4, -0.2) is 27.7 Å². The normalized spacial score (nSPS) is 10.3. The molecule has 0 bridgehead atoms. The highest BCUT2D eigenvalue weighted by molar-refractivity contribution is 6.31. The molecule has 1 heterocycles. The number of carbonyl (C=O) groups is 1. The number of unbranched alkanes of at least 4 members (excludes halogenated alkanes) is 1. The Morgan fingerprint density at radius 1 is 1.45 bits per heavy atom. The molecular formula is C12H16ClN3O4. The lowest BCUT2D eigenvalue weighted by molar-refractivity contribution is -0.385. The number of hydrogen-bond donors (Lipinski definition) is 2. The maximum Gasteiger partial charge on any atom is 0.404 e. The van der Waals surface area contributed by atoms with Gasteiger partial charge in [0.1, 0.15) is 0 Å². The van der Waals surface area contributed by atoms with E-state index in [1.165, 1.54) is 0 Å². The number of aryl methyl sites for hydroxylation is 1. The number of carboxylic acid groups (broad SMARTS) is 1. The summed E-state index contributed by atoms with van der Waals surface area (Å²) >= 11 is 5.84. The van der Waals surface area contributed by atoms with Gasteiger partial charge in [0.25, 0.3) is 0 Å². The molecule has 0 spiro atoms. The number of amides is 1. The molecule has 0 fully saturated rings. The van der Waals surface area contributed by atoms with Crippen LogP contribution in [-0.2, 0) is 6.42 Å². The van der Waals surface area contributed by atoms with Crippen molar-refractivity contribution in [3.8, 4) is 0 Å². The van der Waals surface area contributed by atoms with Crippen LogP contribution >= 0.6 is 11.6 Å². The summed E-state index contributed by atoms with van der Waals surface area (Å²) in [6, 6.07) is 0. The van der Waals surface area contributed by atoms with E-state index in [9.17, 15) is 14.9 Å². The van der Waals surface area contributed by atoms with Crippen LogP contribution in [0, 0.1) is 24.0 Å². The molecule has 0 radical (unpaired) electrons. The van der Waals surface area contributed by atoms with E-state index in [0.29, 0.717) is 37.1 Å². The molecule has 1 aromatic rings. The van der Waals surface area contributed by atoms with Gasteiger partial charge in [-0.05, 0) is 38.7 Å². The molecule has 0 aliphatic rings. The lowest BCUT2D eigenvalue weighted by Gasteiger charge is -2.10. The van der Waals surface area contributed by atoms with E-state index in [0.717, 1.165) is 5.56 Å². The Labute approximate surface area is 121 Å². The Morgan fingerprint density at radius 3 is 2.65 bits per heavy atom. The Bertz CT molecular complexity index is 534. The van der Waals surface area contributed by atoms with Crippen LogP contribution in [0.4, 0.5) is 10.5 Å². The molecule has 1 rings (SSSR count). The van der Waals surface area contributed by atoms with Crippen LogP contribution in [0.1, 0.15) is 29.7 Å².